The van der Waals surface area contributed by atoms with Gasteiger partial charge < -0.3 is 0 Å². The Hall–Kier alpha value is -2.36. The Labute approximate surface area is 113 Å². The summed E-state index contributed by atoms with van der Waals surface area (Å²) in [5.74, 6) is -0.597. The minimum Gasteiger partial charge on any atom is -0.278 e. The van der Waals surface area contributed by atoms with Gasteiger partial charge in [0.2, 0.25) is 12.3 Å². The number of rotatable bonds is 4. The third-order valence-corrected chi connectivity index (χ3v) is 2.55. The number of carbonyl (C=O) groups excluding carboxylic acids is 2. The number of alkyl halides is 3. The van der Waals surface area contributed by atoms with Gasteiger partial charge in [-0.15, -0.1) is 0 Å². The molecule has 1 aromatic carbocycles. The van der Waals surface area contributed by atoms with Gasteiger partial charge in [-0.3, -0.25) is 14.5 Å². The summed E-state index contributed by atoms with van der Waals surface area (Å²) < 4.78 is 38.4. The third-order valence-electron chi connectivity index (χ3n) is 2.55. The van der Waals surface area contributed by atoms with Crippen LogP contribution in [0.5, 0.6) is 0 Å². The third kappa shape index (κ3) is 3.35. The number of amides is 2. The molecule has 0 atom stereocenters. The maximum absolute atomic E-state index is 12.8. The monoisotopic (exact) mass is 284 g/mol. The minimum atomic E-state index is -4.73. The number of carbonyl (C=O) groups is 2. The van der Waals surface area contributed by atoms with E-state index >= 15 is 0 Å². The molecule has 7 heteroatoms. The highest BCUT2D eigenvalue weighted by molar-refractivity contribution is 6.06. The Morgan fingerprint density at radius 3 is 2.55 bits per heavy atom. The molecular weight excluding hydrogens is 273 g/mol. The van der Waals surface area contributed by atoms with Crippen LogP contribution in [-0.2, 0) is 15.8 Å². The van der Waals surface area contributed by atoms with Crippen LogP contribution in [0, 0.1) is 11.3 Å². The predicted octanol–water partition coefficient (Wildman–Crippen LogP) is 2.87. The number of nitrogens with zero attached hydrogens (tertiary/aromatic N) is 2. The molecule has 106 valence electrons. The first-order valence-electron chi connectivity index (χ1n) is 5.73. The lowest BCUT2D eigenvalue weighted by Crippen LogP contribution is -2.29. The molecule has 0 heterocycles. The molecule has 2 amide bonds. The van der Waals surface area contributed by atoms with E-state index in [2.05, 4.69) is 0 Å². The number of halogens is 3. The summed E-state index contributed by atoms with van der Waals surface area (Å²) in [6.07, 6.45) is -4.06. The van der Waals surface area contributed by atoms with Gasteiger partial charge in [-0.2, -0.15) is 18.4 Å². The van der Waals surface area contributed by atoms with Gasteiger partial charge in [-0.25, -0.2) is 0 Å². The molecule has 4 nitrogen and oxygen atoms in total. The van der Waals surface area contributed by atoms with Gasteiger partial charge in [-0.1, -0.05) is 6.92 Å². The van der Waals surface area contributed by atoms with E-state index in [0.29, 0.717) is 17.4 Å². The number of hydrogen-bond donors (Lipinski definition) is 0. The van der Waals surface area contributed by atoms with E-state index in [1.54, 1.807) is 6.92 Å². The van der Waals surface area contributed by atoms with Crippen LogP contribution in [0.2, 0.25) is 0 Å². The van der Waals surface area contributed by atoms with Crippen molar-refractivity contribution in [3.63, 3.8) is 0 Å². The van der Waals surface area contributed by atoms with Crippen LogP contribution in [0.4, 0.5) is 18.9 Å². The van der Waals surface area contributed by atoms with Crippen LogP contribution >= 0.6 is 0 Å². The molecule has 0 spiro atoms. The molecule has 0 saturated heterocycles. The largest absolute Gasteiger partial charge is 0.417 e. The predicted molar refractivity (Wildman–Crippen MR) is 64.6 cm³/mol. The zero-order valence-corrected chi connectivity index (χ0v) is 10.6. The lowest BCUT2D eigenvalue weighted by Gasteiger charge is -2.17. The van der Waals surface area contributed by atoms with Gasteiger partial charge in [0.15, 0.2) is 0 Å². The van der Waals surface area contributed by atoms with Crippen molar-refractivity contribution in [1.82, 2.24) is 0 Å². The molecule has 0 aliphatic heterocycles. The van der Waals surface area contributed by atoms with Gasteiger partial charge >= 0.3 is 6.18 Å². The first-order valence-corrected chi connectivity index (χ1v) is 5.73. The molecule has 0 aromatic heterocycles. The number of anilines is 1. The second-order valence-electron chi connectivity index (χ2n) is 3.96. The summed E-state index contributed by atoms with van der Waals surface area (Å²) >= 11 is 0. The molecule has 0 radical (unpaired) electrons. The molecule has 0 unspecified atom stereocenters. The van der Waals surface area contributed by atoms with Crippen molar-refractivity contribution < 1.29 is 22.8 Å². The summed E-state index contributed by atoms with van der Waals surface area (Å²) in [5, 5.41) is 8.66. The SMILES string of the molecule is CCCC(=O)N(C=O)c1ccc(C#N)c(C(F)(F)F)c1. The average molecular weight is 284 g/mol. The summed E-state index contributed by atoms with van der Waals surface area (Å²) in [7, 11) is 0. The molecule has 0 N–H and O–H groups in total. The van der Waals surface area contributed by atoms with Crippen molar-refractivity contribution in [2.75, 3.05) is 4.90 Å². The highest BCUT2D eigenvalue weighted by Gasteiger charge is 2.34. The van der Waals surface area contributed by atoms with Gasteiger partial charge in [-0.05, 0) is 24.6 Å². The van der Waals surface area contributed by atoms with E-state index in [9.17, 15) is 22.8 Å². The van der Waals surface area contributed by atoms with Gasteiger partial charge in [0.25, 0.3) is 0 Å². The minimum absolute atomic E-state index is 0.0418. The van der Waals surface area contributed by atoms with Crippen LogP contribution in [0.1, 0.15) is 30.9 Å². The van der Waals surface area contributed by atoms with Gasteiger partial charge in [0, 0.05) is 6.42 Å². The first-order chi connectivity index (χ1) is 9.35. The summed E-state index contributed by atoms with van der Waals surface area (Å²) in [6, 6.07) is 4.13. The lowest BCUT2D eigenvalue weighted by atomic mass is 10.1. The Kier molecular flexibility index (Phi) is 4.86. The van der Waals surface area contributed by atoms with Crippen molar-refractivity contribution in [3.05, 3.63) is 29.3 Å². The molecule has 20 heavy (non-hydrogen) atoms. The first kappa shape index (κ1) is 15.7. The van der Waals surface area contributed by atoms with E-state index in [4.69, 9.17) is 5.26 Å². The molecule has 0 saturated carbocycles. The van der Waals surface area contributed by atoms with Gasteiger partial charge in [0.05, 0.1) is 22.9 Å². The maximum Gasteiger partial charge on any atom is 0.417 e. The maximum atomic E-state index is 12.8. The van der Waals surface area contributed by atoms with Crippen LogP contribution in [0.15, 0.2) is 18.2 Å². The second-order valence-corrected chi connectivity index (χ2v) is 3.96. The number of imide groups is 1. The van der Waals surface area contributed by atoms with E-state index in [-0.39, 0.29) is 18.5 Å². The van der Waals surface area contributed by atoms with Crippen LogP contribution in [0.25, 0.3) is 0 Å². The van der Waals surface area contributed by atoms with Crippen molar-refractivity contribution in [2.45, 2.75) is 25.9 Å². The number of benzene rings is 1. The average Bonchev–Trinajstić information content (AvgIpc) is 2.38. The van der Waals surface area contributed by atoms with Crippen LogP contribution in [-0.4, -0.2) is 12.3 Å². The van der Waals surface area contributed by atoms with Crippen LogP contribution < -0.4 is 4.90 Å². The molecule has 0 bridgehead atoms. The number of hydrogen-bond acceptors (Lipinski definition) is 3. The van der Waals surface area contributed by atoms with E-state index in [1.165, 1.54) is 6.07 Å². The highest BCUT2D eigenvalue weighted by atomic mass is 19.4. The fraction of sp³-hybridized carbons (Fsp3) is 0.308. The normalized spacial score (nSPS) is 10.8. The van der Waals surface area contributed by atoms with Crippen molar-refractivity contribution in [3.8, 4) is 6.07 Å². The Balaban J connectivity index is 3.30. The summed E-state index contributed by atoms with van der Waals surface area (Å²) in [5.41, 5.74) is -1.94. The Morgan fingerprint density at radius 2 is 2.10 bits per heavy atom. The smallest absolute Gasteiger partial charge is 0.278 e. The molecule has 0 aliphatic carbocycles. The zero-order valence-electron chi connectivity index (χ0n) is 10.6. The Bertz CT molecular complexity index is 562. The summed E-state index contributed by atoms with van der Waals surface area (Å²) in [4.78, 5) is 23.1. The van der Waals surface area contributed by atoms with Crippen molar-refractivity contribution in [1.29, 1.82) is 5.26 Å². The van der Waals surface area contributed by atoms with Crippen LogP contribution in [0.3, 0.4) is 0 Å². The van der Waals surface area contributed by atoms with Crippen molar-refractivity contribution in [2.24, 2.45) is 0 Å². The lowest BCUT2D eigenvalue weighted by molar-refractivity contribution is -0.138. The standard InChI is InChI=1S/C13H11F3N2O2/c1-2-3-12(20)18(8-19)10-5-4-9(7-17)11(6-10)13(14,15)16/h4-6,8H,2-3H2,1H3. The second kappa shape index (κ2) is 6.19. The van der Waals surface area contributed by atoms with Gasteiger partial charge in [0.1, 0.15) is 0 Å². The Morgan fingerprint density at radius 1 is 1.45 bits per heavy atom. The molecular formula is C13H11F3N2O2. The fourth-order valence-corrected chi connectivity index (χ4v) is 1.61. The molecule has 0 aliphatic rings. The van der Waals surface area contributed by atoms with E-state index in [1.807, 2.05) is 0 Å². The van der Waals surface area contributed by atoms with E-state index in [0.717, 1.165) is 12.1 Å². The van der Waals surface area contributed by atoms with E-state index < -0.39 is 23.2 Å². The topological polar surface area (TPSA) is 61.2 Å². The number of nitriles is 1. The molecule has 1 rings (SSSR count). The van der Waals surface area contributed by atoms with Crippen molar-refractivity contribution >= 4 is 18.0 Å². The quantitative estimate of drug-likeness (QED) is 0.799. The summed E-state index contributed by atoms with van der Waals surface area (Å²) in [6.45, 7) is 1.71. The zero-order chi connectivity index (χ0) is 15.3. The fourth-order valence-electron chi connectivity index (χ4n) is 1.61. The molecule has 0 fully saturated rings. The highest BCUT2D eigenvalue weighted by Crippen LogP contribution is 2.34. The molecule has 1 aromatic rings.